The van der Waals surface area contributed by atoms with Crippen molar-refractivity contribution >= 4 is 5.91 Å². The number of rotatable bonds is 4. The van der Waals surface area contributed by atoms with Crippen LogP contribution in [-0.2, 0) is 6.54 Å². The molecular weight excluding hydrogens is 352 g/mol. The normalized spacial score (nSPS) is 23.1. The zero-order valence-electron chi connectivity index (χ0n) is 17.1. The SMILES string of the molecule is Cc1nonc1C(=O)N1CCC2(CCCN(Cc3ccc(C(C)C)cc3)C2)C1. The predicted molar refractivity (Wildman–Crippen MR) is 107 cm³/mol. The molecule has 1 atom stereocenters. The van der Waals surface area contributed by atoms with Gasteiger partial charge in [0.05, 0.1) is 0 Å². The van der Waals surface area contributed by atoms with E-state index in [0.717, 1.165) is 39.1 Å². The molecule has 1 spiro atoms. The van der Waals surface area contributed by atoms with Crippen molar-refractivity contribution in [2.45, 2.75) is 52.5 Å². The number of carbonyl (C=O) groups excluding carboxylic acids is 1. The first kappa shape index (κ1) is 19.1. The van der Waals surface area contributed by atoms with Crippen LogP contribution in [-0.4, -0.2) is 52.2 Å². The summed E-state index contributed by atoms with van der Waals surface area (Å²) in [7, 11) is 0. The van der Waals surface area contributed by atoms with Gasteiger partial charge in [-0.2, -0.15) is 0 Å². The fourth-order valence-corrected chi connectivity index (χ4v) is 4.73. The Morgan fingerprint density at radius 1 is 1.14 bits per heavy atom. The van der Waals surface area contributed by atoms with Gasteiger partial charge in [0.25, 0.3) is 5.91 Å². The Hall–Kier alpha value is -2.21. The van der Waals surface area contributed by atoms with Gasteiger partial charge in [-0.05, 0) is 54.9 Å². The van der Waals surface area contributed by atoms with Crippen LogP contribution in [0.5, 0.6) is 0 Å². The van der Waals surface area contributed by atoms with Crippen molar-refractivity contribution in [2.24, 2.45) is 5.41 Å². The summed E-state index contributed by atoms with van der Waals surface area (Å²) in [6, 6.07) is 9.04. The van der Waals surface area contributed by atoms with Crippen LogP contribution in [0.3, 0.4) is 0 Å². The molecule has 0 radical (unpaired) electrons. The molecule has 0 N–H and O–H groups in total. The van der Waals surface area contributed by atoms with E-state index >= 15 is 0 Å². The largest absolute Gasteiger partial charge is 0.337 e. The number of aromatic nitrogens is 2. The number of piperidine rings is 1. The van der Waals surface area contributed by atoms with Gasteiger partial charge in [0.15, 0.2) is 5.69 Å². The fraction of sp³-hybridized carbons (Fsp3) is 0.591. The maximum atomic E-state index is 12.8. The molecule has 3 heterocycles. The number of nitrogens with zero attached hydrogens (tertiary/aromatic N) is 4. The maximum Gasteiger partial charge on any atom is 0.278 e. The molecule has 1 aromatic heterocycles. The van der Waals surface area contributed by atoms with Gasteiger partial charge in [0, 0.05) is 31.6 Å². The van der Waals surface area contributed by atoms with Crippen molar-refractivity contribution < 1.29 is 9.42 Å². The molecule has 1 amide bonds. The summed E-state index contributed by atoms with van der Waals surface area (Å²) in [5.74, 6) is 0.523. The smallest absolute Gasteiger partial charge is 0.278 e. The van der Waals surface area contributed by atoms with Crippen LogP contribution in [0, 0.1) is 12.3 Å². The quantitative estimate of drug-likeness (QED) is 0.808. The van der Waals surface area contributed by atoms with Crippen molar-refractivity contribution in [3.8, 4) is 0 Å². The zero-order valence-corrected chi connectivity index (χ0v) is 17.1. The van der Waals surface area contributed by atoms with Crippen molar-refractivity contribution in [2.75, 3.05) is 26.2 Å². The van der Waals surface area contributed by atoms with Crippen molar-refractivity contribution in [1.29, 1.82) is 0 Å². The van der Waals surface area contributed by atoms with Crippen LogP contribution in [0.1, 0.15) is 66.3 Å². The van der Waals surface area contributed by atoms with E-state index in [4.69, 9.17) is 4.63 Å². The fourth-order valence-electron chi connectivity index (χ4n) is 4.73. The van der Waals surface area contributed by atoms with Crippen LogP contribution in [0.2, 0.25) is 0 Å². The first-order valence-corrected chi connectivity index (χ1v) is 10.4. The molecule has 1 unspecified atom stereocenters. The zero-order chi connectivity index (χ0) is 19.7. The Balaban J connectivity index is 1.39. The molecular formula is C22H30N4O2. The summed E-state index contributed by atoms with van der Waals surface area (Å²) in [6.45, 7) is 11.0. The lowest BCUT2D eigenvalue weighted by Crippen LogP contribution is -2.45. The number of amides is 1. The molecule has 2 aliphatic heterocycles. The maximum absolute atomic E-state index is 12.8. The summed E-state index contributed by atoms with van der Waals surface area (Å²) >= 11 is 0. The van der Waals surface area contributed by atoms with E-state index in [9.17, 15) is 4.79 Å². The van der Waals surface area contributed by atoms with E-state index in [-0.39, 0.29) is 11.3 Å². The summed E-state index contributed by atoms with van der Waals surface area (Å²) in [5, 5.41) is 7.54. The second kappa shape index (κ2) is 7.66. The summed E-state index contributed by atoms with van der Waals surface area (Å²) < 4.78 is 4.71. The standard InChI is InChI=1S/C22H30N4O2/c1-16(2)19-7-5-18(6-8-19)13-25-11-4-9-22(14-25)10-12-26(15-22)21(27)20-17(3)23-28-24-20/h5-8,16H,4,9-15H2,1-3H3. The minimum absolute atomic E-state index is 0.0444. The number of hydrogen-bond acceptors (Lipinski definition) is 5. The third-order valence-corrected chi connectivity index (χ3v) is 6.37. The van der Waals surface area contributed by atoms with Crippen LogP contribution in [0.15, 0.2) is 28.9 Å². The molecule has 2 aromatic rings. The lowest BCUT2D eigenvalue weighted by Gasteiger charge is -2.40. The molecule has 150 valence electrons. The molecule has 2 saturated heterocycles. The Labute approximate surface area is 166 Å². The number of likely N-dealkylation sites (tertiary alicyclic amines) is 2. The van der Waals surface area contributed by atoms with E-state index in [0.29, 0.717) is 17.3 Å². The van der Waals surface area contributed by atoms with Crippen LogP contribution in [0.25, 0.3) is 0 Å². The number of benzene rings is 1. The summed E-state index contributed by atoms with van der Waals surface area (Å²) in [6.07, 6.45) is 3.44. The van der Waals surface area contributed by atoms with E-state index in [2.05, 4.69) is 53.3 Å². The number of carbonyl (C=O) groups is 1. The van der Waals surface area contributed by atoms with Crippen LogP contribution >= 0.6 is 0 Å². The van der Waals surface area contributed by atoms with Crippen LogP contribution < -0.4 is 0 Å². The van der Waals surface area contributed by atoms with Gasteiger partial charge in [-0.1, -0.05) is 43.3 Å². The third-order valence-electron chi connectivity index (χ3n) is 6.37. The molecule has 6 heteroatoms. The van der Waals surface area contributed by atoms with Crippen molar-refractivity contribution in [3.05, 3.63) is 46.8 Å². The van der Waals surface area contributed by atoms with Crippen LogP contribution in [0.4, 0.5) is 0 Å². The summed E-state index contributed by atoms with van der Waals surface area (Å²) in [5.41, 5.74) is 3.89. The van der Waals surface area contributed by atoms with E-state index in [1.54, 1.807) is 6.92 Å². The third kappa shape index (κ3) is 3.83. The van der Waals surface area contributed by atoms with Crippen molar-refractivity contribution in [3.63, 3.8) is 0 Å². The predicted octanol–water partition coefficient (Wildman–Crippen LogP) is 3.63. The molecule has 0 saturated carbocycles. The Morgan fingerprint density at radius 3 is 2.61 bits per heavy atom. The molecule has 2 aliphatic rings. The van der Waals surface area contributed by atoms with Gasteiger partial charge >= 0.3 is 0 Å². The second-order valence-corrected chi connectivity index (χ2v) is 8.89. The Bertz CT molecular complexity index is 829. The van der Waals surface area contributed by atoms with E-state index in [1.165, 1.54) is 24.0 Å². The Morgan fingerprint density at radius 2 is 1.93 bits per heavy atom. The average Bonchev–Trinajstić information content (AvgIpc) is 3.28. The lowest BCUT2D eigenvalue weighted by molar-refractivity contribution is 0.0666. The minimum atomic E-state index is -0.0444. The number of hydrogen-bond donors (Lipinski definition) is 0. The molecule has 0 bridgehead atoms. The first-order chi connectivity index (χ1) is 13.5. The molecule has 2 fully saturated rings. The molecule has 28 heavy (non-hydrogen) atoms. The lowest BCUT2D eigenvalue weighted by atomic mass is 9.79. The Kier molecular flexibility index (Phi) is 5.23. The van der Waals surface area contributed by atoms with Gasteiger partial charge in [-0.15, -0.1) is 0 Å². The molecule has 1 aromatic carbocycles. The van der Waals surface area contributed by atoms with Gasteiger partial charge in [-0.25, -0.2) is 4.63 Å². The van der Waals surface area contributed by atoms with E-state index in [1.807, 2.05) is 4.90 Å². The van der Waals surface area contributed by atoms with Gasteiger partial charge < -0.3 is 4.90 Å². The van der Waals surface area contributed by atoms with Gasteiger partial charge in [0.2, 0.25) is 0 Å². The second-order valence-electron chi connectivity index (χ2n) is 8.89. The molecule has 0 aliphatic carbocycles. The highest BCUT2D eigenvalue weighted by Crippen LogP contribution is 2.39. The van der Waals surface area contributed by atoms with Crippen molar-refractivity contribution in [1.82, 2.24) is 20.1 Å². The van der Waals surface area contributed by atoms with Gasteiger partial charge in [0.1, 0.15) is 5.69 Å². The number of aryl methyl sites for hydroxylation is 1. The highest BCUT2D eigenvalue weighted by molar-refractivity contribution is 5.93. The average molecular weight is 383 g/mol. The van der Waals surface area contributed by atoms with E-state index < -0.39 is 0 Å². The topological polar surface area (TPSA) is 62.5 Å². The first-order valence-electron chi connectivity index (χ1n) is 10.4. The molecule has 4 rings (SSSR count). The van der Waals surface area contributed by atoms with Gasteiger partial charge in [-0.3, -0.25) is 9.69 Å². The monoisotopic (exact) mass is 382 g/mol. The highest BCUT2D eigenvalue weighted by Gasteiger charge is 2.43. The minimum Gasteiger partial charge on any atom is -0.337 e. The summed E-state index contributed by atoms with van der Waals surface area (Å²) in [4.78, 5) is 17.3. The highest BCUT2D eigenvalue weighted by atomic mass is 16.6. The molecule has 6 nitrogen and oxygen atoms in total.